The van der Waals surface area contributed by atoms with Crippen molar-refractivity contribution in [1.82, 2.24) is 9.55 Å². The van der Waals surface area contributed by atoms with Crippen molar-refractivity contribution in [1.29, 1.82) is 0 Å². The van der Waals surface area contributed by atoms with Crippen molar-refractivity contribution in [3.63, 3.8) is 0 Å². The Morgan fingerprint density at radius 1 is 1.03 bits per heavy atom. The van der Waals surface area contributed by atoms with Crippen molar-refractivity contribution in [3.05, 3.63) is 89.2 Å². The lowest BCUT2D eigenvalue weighted by molar-refractivity contribution is -0.117. The summed E-state index contributed by atoms with van der Waals surface area (Å²) in [7, 11) is 0. The van der Waals surface area contributed by atoms with Crippen LogP contribution in [0.2, 0.25) is 0 Å². The number of rotatable bonds is 8. The minimum Gasteiger partial charge on any atom is -0.493 e. The maximum Gasteiger partial charge on any atom is 0.227 e. The van der Waals surface area contributed by atoms with Gasteiger partial charge < -0.3 is 14.2 Å². The second kappa shape index (κ2) is 9.95. The maximum atomic E-state index is 13.1. The van der Waals surface area contributed by atoms with Crippen LogP contribution in [0.25, 0.3) is 11.0 Å². The molecular weight excluding hydrogens is 434 g/mol. The Bertz CT molecular complexity index is 1360. The molecule has 1 aliphatic rings. The third-order valence-electron chi connectivity index (χ3n) is 6.95. The Kier molecular flexibility index (Phi) is 6.58. The van der Waals surface area contributed by atoms with E-state index in [4.69, 9.17) is 9.72 Å². The highest BCUT2D eigenvalue weighted by Gasteiger charge is 2.35. The van der Waals surface area contributed by atoms with Gasteiger partial charge in [0.25, 0.3) is 0 Å². The molecule has 1 unspecified atom stereocenters. The first-order chi connectivity index (χ1) is 17.0. The van der Waals surface area contributed by atoms with Gasteiger partial charge in [-0.05, 0) is 62.1 Å². The number of benzene rings is 3. The number of carbonyl (C=O) groups is 1. The fourth-order valence-corrected chi connectivity index (χ4v) is 5.19. The molecule has 2 heterocycles. The van der Waals surface area contributed by atoms with E-state index in [0.717, 1.165) is 53.2 Å². The predicted molar refractivity (Wildman–Crippen MR) is 141 cm³/mol. The standard InChI is InChI=1S/C30H33N3O2/c1-4-23-10-5-7-12-26(23)33-20-24(19-29(33)34)30-31-25-11-6-8-13-27(25)32(30)16-9-17-35-28-15-14-21(2)18-22(28)3/h5-8,10-15,18,24H,4,9,16-17,19-20H2,1-3H3. The van der Waals surface area contributed by atoms with Gasteiger partial charge in [0, 0.05) is 31.1 Å². The number of nitrogens with zero attached hydrogens (tertiary/aromatic N) is 3. The lowest BCUT2D eigenvalue weighted by Crippen LogP contribution is -2.25. The molecule has 0 bridgehead atoms. The Balaban J connectivity index is 1.35. The third-order valence-corrected chi connectivity index (χ3v) is 6.95. The summed E-state index contributed by atoms with van der Waals surface area (Å²) in [5.74, 6) is 2.19. The van der Waals surface area contributed by atoms with Gasteiger partial charge in [0.15, 0.2) is 0 Å². The Morgan fingerprint density at radius 2 is 1.83 bits per heavy atom. The van der Waals surface area contributed by atoms with Gasteiger partial charge in [-0.3, -0.25) is 4.79 Å². The Labute approximate surface area is 207 Å². The zero-order valence-electron chi connectivity index (χ0n) is 20.8. The first-order valence-corrected chi connectivity index (χ1v) is 12.6. The average molecular weight is 468 g/mol. The quantitative estimate of drug-likeness (QED) is 0.290. The van der Waals surface area contributed by atoms with Crippen molar-refractivity contribution in [2.45, 2.75) is 52.5 Å². The fourth-order valence-electron chi connectivity index (χ4n) is 5.19. The van der Waals surface area contributed by atoms with E-state index in [9.17, 15) is 4.79 Å². The van der Waals surface area contributed by atoms with Crippen molar-refractivity contribution in [2.24, 2.45) is 0 Å². The molecule has 3 aromatic carbocycles. The van der Waals surface area contributed by atoms with E-state index in [1.807, 2.05) is 23.1 Å². The van der Waals surface area contributed by atoms with Gasteiger partial charge in [-0.25, -0.2) is 4.98 Å². The average Bonchev–Trinajstić information content (AvgIpc) is 3.43. The highest BCUT2D eigenvalue weighted by Crippen LogP contribution is 2.35. The van der Waals surface area contributed by atoms with Gasteiger partial charge in [0.1, 0.15) is 11.6 Å². The summed E-state index contributed by atoms with van der Waals surface area (Å²) in [6.45, 7) is 8.42. The third kappa shape index (κ3) is 4.68. The molecule has 0 spiro atoms. The smallest absolute Gasteiger partial charge is 0.227 e. The van der Waals surface area contributed by atoms with Crippen LogP contribution in [0.4, 0.5) is 5.69 Å². The minimum atomic E-state index is 0.0695. The largest absolute Gasteiger partial charge is 0.493 e. The lowest BCUT2D eigenvalue weighted by Gasteiger charge is -2.20. The number of amides is 1. The van der Waals surface area contributed by atoms with E-state index in [1.165, 1.54) is 11.1 Å². The molecule has 1 aromatic heterocycles. The summed E-state index contributed by atoms with van der Waals surface area (Å²) >= 11 is 0. The zero-order chi connectivity index (χ0) is 24.4. The van der Waals surface area contributed by atoms with E-state index in [2.05, 4.69) is 73.9 Å². The van der Waals surface area contributed by atoms with Crippen LogP contribution in [0.3, 0.4) is 0 Å². The Hall–Kier alpha value is -3.60. The molecule has 1 atom stereocenters. The fraction of sp³-hybridized carbons (Fsp3) is 0.333. The van der Waals surface area contributed by atoms with Gasteiger partial charge in [0.2, 0.25) is 5.91 Å². The normalized spacial score (nSPS) is 15.8. The van der Waals surface area contributed by atoms with E-state index in [1.54, 1.807) is 0 Å². The topological polar surface area (TPSA) is 47.4 Å². The number of aryl methyl sites for hydroxylation is 4. The number of fused-ring (bicyclic) bond motifs is 1. The molecule has 0 radical (unpaired) electrons. The van der Waals surface area contributed by atoms with Crippen LogP contribution in [0.1, 0.15) is 48.2 Å². The van der Waals surface area contributed by atoms with Crippen LogP contribution in [-0.4, -0.2) is 28.6 Å². The summed E-state index contributed by atoms with van der Waals surface area (Å²) in [5, 5.41) is 0. The van der Waals surface area contributed by atoms with Crippen LogP contribution >= 0.6 is 0 Å². The number of carbonyl (C=O) groups excluding carboxylic acids is 1. The summed E-state index contributed by atoms with van der Waals surface area (Å²) < 4.78 is 8.39. The first kappa shape index (κ1) is 23.2. The monoisotopic (exact) mass is 467 g/mol. The number of ether oxygens (including phenoxy) is 1. The second-order valence-electron chi connectivity index (χ2n) is 9.47. The van der Waals surface area contributed by atoms with Crippen LogP contribution in [0.5, 0.6) is 5.75 Å². The molecule has 180 valence electrons. The SMILES string of the molecule is CCc1ccccc1N1CC(c2nc3ccccc3n2CCCOc2ccc(C)cc2C)CC1=O. The molecule has 35 heavy (non-hydrogen) atoms. The van der Waals surface area contributed by atoms with E-state index in [-0.39, 0.29) is 11.8 Å². The number of imidazole rings is 1. The number of para-hydroxylation sites is 3. The van der Waals surface area contributed by atoms with Crippen LogP contribution in [0, 0.1) is 13.8 Å². The summed E-state index contributed by atoms with van der Waals surface area (Å²) in [5.41, 5.74) is 6.75. The maximum absolute atomic E-state index is 13.1. The molecule has 1 aliphatic heterocycles. The van der Waals surface area contributed by atoms with Gasteiger partial charge in [-0.2, -0.15) is 0 Å². The lowest BCUT2D eigenvalue weighted by atomic mass is 10.1. The van der Waals surface area contributed by atoms with Crippen molar-refractivity contribution in [3.8, 4) is 5.75 Å². The summed E-state index contributed by atoms with van der Waals surface area (Å²) in [4.78, 5) is 20.1. The zero-order valence-corrected chi connectivity index (χ0v) is 20.8. The van der Waals surface area contributed by atoms with Gasteiger partial charge in [-0.1, -0.05) is 55.0 Å². The highest BCUT2D eigenvalue weighted by molar-refractivity contribution is 5.97. The van der Waals surface area contributed by atoms with Crippen LogP contribution in [-0.2, 0) is 17.8 Å². The highest BCUT2D eigenvalue weighted by atomic mass is 16.5. The van der Waals surface area contributed by atoms with Gasteiger partial charge in [-0.15, -0.1) is 0 Å². The summed E-state index contributed by atoms with van der Waals surface area (Å²) in [6, 6.07) is 22.8. The number of anilines is 1. The van der Waals surface area contributed by atoms with Gasteiger partial charge >= 0.3 is 0 Å². The second-order valence-corrected chi connectivity index (χ2v) is 9.47. The molecule has 5 heteroatoms. The molecule has 5 nitrogen and oxygen atoms in total. The summed E-state index contributed by atoms with van der Waals surface area (Å²) in [6.07, 6.45) is 2.26. The van der Waals surface area contributed by atoms with Crippen molar-refractivity contribution < 1.29 is 9.53 Å². The van der Waals surface area contributed by atoms with E-state index >= 15 is 0 Å². The molecule has 0 saturated carbocycles. The predicted octanol–water partition coefficient (Wildman–Crippen LogP) is 6.21. The van der Waals surface area contributed by atoms with Crippen LogP contribution in [0.15, 0.2) is 66.7 Å². The molecule has 1 amide bonds. The number of hydrogen-bond donors (Lipinski definition) is 0. The molecule has 4 aromatic rings. The van der Waals surface area contributed by atoms with Crippen LogP contribution < -0.4 is 9.64 Å². The van der Waals surface area contributed by atoms with E-state index in [0.29, 0.717) is 19.6 Å². The van der Waals surface area contributed by atoms with Crippen molar-refractivity contribution in [2.75, 3.05) is 18.1 Å². The van der Waals surface area contributed by atoms with Crippen molar-refractivity contribution >= 4 is 22.6 Å². The minimum absolute atomic E-state index is 0.0695. The molecule has 1 saturated heterocycles. The number of aromatic nitrogens is 2. The Morgan fingerprint density at radius 3 is 2.66 bits per heavy atom. The molecule has 5 rings (SSSR count). The first-order valence-electron chi connectivity index (χ1n) is 12.6. The molecule has 0 aliphatic carbocycles. The molecule has 1 fully saturated rings. The van der Waals surface area contributed by atoms with E-state index < -0.39 is 0 Å². The number of hydrogen-bond acceptors (Lipinski definition) is 3. The molecule has 0 N–H and O–H groups in total. The van der Waals surface area contributed by atoms with Gasteiger partial charge in [0.05, 0.1) is 17.6 Å². The molecular formula is C30H33N3O2.